The summed E-state index contributed by atoms with van der Waals surface area (Å²) < 4.78 is 0. The van der Waals surface area contributed by atoms with Gasteiger partial charge in [0.15, 0.2) is 5.78 Å². The van der Waals surface area contributed by atoms with Crippen LogP contribution in [-0.4, -0.2) is 27.9 Å². The van der Waals surface area contributed by atoms with E-state index in [4.69, 9.17) is 10.2 Å². The molecule has 0 spiro atoms. The highest BCUT2D eigenvalue weighted by Crippen LogP contribution is 2.31. The van der Waals surface area contributed by atoms with E-state index in [1.165, 1.54) is 0 Å². The predicted molar refractivity (Wildman–Crippen MR) is 59.5 cm³/mol. The average molecular weight is 242 g/mol. The van der Waals surface area contributed by atoms with E-state index in [1.54, 1.807) is 0 Å². The Balaban J connectivity index is 2.64. The van der Waals surface area contributed by atoms with Crippen LogP contribution in [-0.2, 0) is 14.4 Å². The van der Waals surface area contributed by atoms with Crippen molar-refractivity contribution in [2.24, 2.45) is 17.8 Å². The number of carbonyl (C=O) groups excluding carboxylic acids is 1. The second-order valence-corrected chi connectivity index (χ2v) is 4.85. The van der Waals surface area contributed by atoms with Crippen LogP contribution < -0.4 is 0 Å². The third-order valence-electron chi connectivity index (χ3n) is 3.44. The Morgan fingerprint density at radius 3 is 2.06 bits per heavy atom. The Labute approximate surface area is 99.8 Å². The van der Waals surface area contributed by atoms with Gasteiger partial charge in [-0.15, -0.1) is 0 Å². The second-order valence-electron chi connectivity index (χ2n) is 4.85. The average Bonchev–Trinajstić information content (AvgIpc) is 2.25. The van der Waals surface area contributed by atoms with E-state index in [0.29, 0.717) is 18.8 Å². The van der Waals surface area contributed by atoms with Gasteiger partial charge in [0.05, 0.1) is 6.42 Å². The standard InChI is InChI=1S/C12H18O5/c1-7-2-4-8(5-3-7)11(15)9(12(16)17)6-10(13)14/h7-9H,2-6H2,1H3,(H,13,14)(H,16,17). The van der Waals surface area contributed by atoms with Crippen LogP contribution in [0.2, 0.25) is 0 Å². The Morgan fingerprint density at radius 1 is 1.12 bits per heavy atom. The van der Waals surface area contributed by atoms with Crippen LogP contribution in [0.3, 0.4) is 0 Å². The van der Waals surface area contributed by atoms with Gasteiger partial charge in [0.2, 0.25) is 0 Å². The maximum Gasteiger partial charge on any atom is 0.314 e. The van der Waals surface area contributed by atoms with Crippen molar-refractivity contribution in [3.05, 3.63) is 0 Å². The zero-order chi connectivity index (χ0) is 13.0. The summed E-state index contributed by atoms with van der Waals surface area (Å²) in [5, 5.41) is 17.5. The molecular weight excluding hydrogens is 224 g/mol. The third-order valence-corrected chi connectivity index (χ3v) is 3.44. The van der Waals surface area contributed by atoms with Crippen molar-refractivity contribution < 1.29 is 24.6 Å². The summed E-state index contributed by atoms with van der Waals surface area (Å²) >= 11 is 0. The van der Waals surface area contributed by atoms with Gasteiger partial charge in [0.25, 0.3) is 0 Å². The molecule has 0 bridgehead atoms. The first kappa shape index (κ1) is 13.7. The zero-order valence-corrected chi connectivity index (χ0v) is 9.89. The number of rotatable bonds is 5. The van der Waals surface area contributed by atoms with Gasteiger partial charge in [-0.05, 0) is 18.8 Å². The maximum absolute atomic E-state index is 11.9. The molecule has 0 amide bonds. The first-order chi connectivity index (χ1) is 7.91. The van der Waals surface area contributed by atoms with Gasteiger partial charge < -0.3 is 10.2 Å². The normalized spacial score (nSPS) is 26.2. The zero-order valence-electron chi connectivity index (χ0n) is 9.89. The first-order valence-electron chi connectivity index (χ1n) is 5.90. The van der Waals surface area contributed by atoms with Crippen molar-refractivity contribution in [1.82, 2.24) is 0 Å². The van der Waals surface area contributed by atoms with Crippen LogP contribution in [0.15, 0.2) is 0 Å². The largest absolute Gasteiger partial charge is 0.481 e. The smallest absolute Gasteiger partial charge is 0.314 e. The Bertz CT molecular complexity index is 315. The molecule has 1 saturated carbocycles. The molecule has 0 aromatic carbocycles. The molecule has 2 N–H and O–H groups in total. The number of carboxylic acids is 2. The molecule has 1 aliphatic rings. The van der Waals surface area contributed by atoms with E-state index in [2.05, 4.69) is 6.92 Å². The molecule has 1 unspecified atom stereocenters. The van der Waals surface area contributed by atoms with Gasteiger partial charge in [-0.25, -0.2) is 0 Å². The number of aliphatic carboxylic acids is 2. The molecule has 96 valence electrons. The monoisotopic (exact) mass is 242 g/mol. The Hall–Kier alpha value is -1.39. The van der Waals surface area contributed by atoms with Gasteiger partial charge in [0.1, 0.15) is 5.92 Å². The van der Waals surface area contributed by atoms with Crippen LogP contribution in [0, 0.1) is 17.8 Å². The maximum atomic E-state index is 11.9. The van der Waals surface area contributed by atoms with Crippen molar-refractivity contribution in [3.8, 4) is 0 Å². The fraction of sp³-hybridized carbons (Fsp3) is 0.750. The van der Waals surface area contributed by atoms with E-state index in [9.17, 15) is 14.4 Å². The van der Waals surface area contributed by atoms with Gasteiger partial charge in [-0.1, -0.05) is 19.8 Å². The minimum Gasteiger partial charge on any atom is -0.481 e. The van der Waals surface area contributed by atoms with Crippen LogP contribution in [0.1, 0.15) is 39.0 Å². The van der Waals surface area contributed by atoms with Crippen molar-refractivity contribution in [3.63, 3.8) is 0 Å². The van der Waals surface area contributed by atoms with Gasteiger partial charge in [-0.3, -0.25) is 14.4 Å². The first-order valence-corrected chi connectivity index (χ1v) is 5.90. The van der Waals surface area contributed by atoms with Gasteiger partial charge in [-0.2, -0.15) is 0 Å². The molecule has 1 atom stereocenters. The van der Waals surface area contributed by atoms with Crippen LogP contribution in [0.25, 0.3) is 0 Å². The predicted octanol–water partition coefficient (Wildman–Crippen LogP) is 1.56. The summed E-state index contributed by atoms with van der Waals surface area (Å²) in [6, 6.07) is 0. The summed E-state index contributed by atoms with van der Waals surface area (Å²) in [6.45, 7) is 2.10. The van der Waals surface area contributed by atoms with Crippen molar-refractivity contribution in [1.29, 1.82) is 0 Å². The summed E-state index contributed by atoms with van der Waals surface area (Å²) in [5.41, 5.74) is 0. The van der Waals surface area contributed by atoms with E-state index in [0.717, 1.165) is 12.8 Å². The van der Waals surface area contributed by atoms with E-state index in [1.807, 2.05) is 0 Å². The summed E-state index contributed by atoms with van der Waals surface area (Å²) in [5.74, 6) is -4.06. The molecule has 1 rings (SSSR count). The molecule has 17 heavy (non-hydrogen) atoms. The molecule has 0 heterocycles. The minimum atomic E-state index is -1.38. The fourth-order valence-corrected chi connectivity index (χ4v) is 2.31. The molecule has 0 radical (unpaired) electrons. The van der Waals surface area contributed by atoms with E-state index in [-0.39, 0.29) is 5.92 Å². The summed E-state index contributed by atoms with van der Waals surface area (Å²) in [4.78, 5) is 33.4. The molecule has 1 aliphatic carbocycles. The minimum absolute atomic E-state index is 0.272. The lowest BCUT2D eigenvalue weighted by atomic mass is 9.77. The van der Waals surface area contributed by atoms with Crippen molar-refractivity contribution in [2.45, 2.75) is 39.0 Å². The lowest BCUT2D eigenvalue weighted by molar-refractivity contribution is -0.153. The number of hydrogen-bond donors (Lipinski definition) is 2. The lowest BCUT2D eigenvalue weighted by Gasteiger charge is -2.26. The summed E-state index contributed by atoms with van der Waals surface area (Å²) in [7, 11) is 0. The number of carboxylic acid groups (broad SMARTS) is 2. The Morgan fingerprint density at radius 2 is 1.65 bits per heavy atom. The molecule has 0 aromatic heterocycles. The fourth-order valence-electron chi connectivity index (χ4n) is 2.31. The van der Waals surface area contributed by atoms with Crippen molar-refractivity contribution in [2.75, 3.05) is 0 Å². The molecule has 0 aromatic rings. The highest BCUT2D eigenvalue weighted by molar-refractivity contribution is 6.01. The number of Topliss-reactive ketones (excluding diaryl/α,β-unsaturated/α-hetero) is 1. The summed E-state index contributed by atoms with van der Waals surface area (Å²) in [6.07, 6.45) is 2.58. The van der Waals surface area contributed by atoms with Gasteiger partial charge in [0, 0.05) is 5.92 Å². The Kier molecular flexibility index (Phi) is 4.66. The van der Waals surface area contributed by atoms with Crippen LogP contribution in [0.4, 0.5) is 0 Å². The van der Waals surface area contributed by atoms with Gasteiger partial charge >= 0.3 is 11.9 Å². The van der Waals surface area contributed by atoms with E-state index < -0.39 is 30.1 Å². The SMILES string of the molecule is CC1CCC(C(=O)C(CC(=O)O)C(=O)O)CC1. The number of hydrogen-bond acceptors (Lipinski definition) is 3. The number of carbonyl (C=O) groups is 3. The third kappa shape index (κ3) is 3.84. The van der Waals surface area contributed by atoms with Crippen LogP contribution >= 0.6 is 0 Å². The van der Waals surface area contributed by atoms with Crippen molar-refractivity contribution >= 4 is 17.7 Å². The van der Waals surface area contributed by atoms with Crippen LogP contribution in [0.5, 0.6) is 0 Å². The highest BCUT2D eigenvalue weighted by Gasteiger charge is 2.35. The molecule has 5 nitrogen and oxygen atoms in total. The topological polar surface area (TPSA) is 91.7 Å². The molecular formula is C12H18O5. The quantitative estimate of drug-likeness (QED) is 0.714. The lowest BCUT2D eigenvalue weighted by Crippen LogP contribution is -2.33. The molecule has 0 aliphatic heterocycles. The number of ketones is 1. The second kappa shape index (κ2) is 5.80. The molecule has 1 fully saturated rings. The molecule has 5 heteroatoms. The van der Waals surface area contributed by atoms with E-state index >= 15 is 0 Å². The molecule has 0 saturated heterocycles. The highest BCUT2D eigenvalue weighted by atomic mass is 16.4.